The normalized spacial score (nSPS) is 12.0. The quantitative estimate of drug-likeness (QED) is 0.860. The number of carbonyl (C=O) groups is 1. The lowest BCUT2D eigenvalue weighted by atomic mass is 10.2. The molecule has 0 saturated heterocycles. The van der Waals surface area contributed by atoms with Crippen molar-refractivity contribution in [1.82, 2.24) is 4.90 Å². The minimum absolute atomic E-state index is 0.100. The molecule has 1 N–H and O–H groups in total. The summed E-state index contributed by atoms with van der Waals surface area (Å²) in [5, 5.41) is 3.47. The molecule has 0 aromatic heterocycles. The summed E-state index contributed by atoms with van der Waals surface area (Å²) in [7, 11) is 1.79. The molecule has 1 atom stereocenters. The van der Waals surface area contributed by atoms with Crippen molar-refractivity contribution in [2.24, 2.45) is 0 Å². The summed E-state index contributed by atoms with van der Waals surface area (Å²) in [6.07, 6.45) is 0.935. The number of nitrogens with zero attached hydrogens (tertiary/aromatic N) is 1. The average Bonchev–Trinajstić information content (AvgIpc) is 2.30. The van der Waals surface area contributed by atoms with Crippen LogP contribution >= 0.6 is 11.6 Å². The molecule has 0 spiro atoms. The maximum Gasteiger partial charge on any atom is 0.321 e. The number of halogens is 1. The lowest BCUT2D eigenvalue weighted by molar-refractivity contribution is 0.206. The van der Waals surface area contributed by atoms with E-state index >= 15 is 0 Å². The summed E-state index contributed by atoms with van der Waals surface area (Å²) < 4.78 is 0. The van der Waals surface area contributed by atoms with Crippen molar-refractivity contribution < 1.29 is 4.79 Å². The third-order valence-electron chi connectivity index (χ3n) is 2.67. The third-order valence-corrected chi connectivity index (χ3v) is 2.92. The van der Waals surface area contributed by atoms with E-state index < -0.39 is 0 Å². The van der Waals surface area contributed by atoms with Crippen LogP contribution in [0.5, 0.6) is 0 Å². The number of rotatable bonds is 3. The first-order valence-corrected chi connectivity index (χ1v) is 5.71. The van der Waals surface area contributed by atoms with Crippen molar-refractivity contribution in [1.29, 1.82) is 0 Å². The van der Waals surface area contributed by atoms with Crippen molar-refractivity contribution in [2.45, 2.75) is 26.3 Å². The van der Waals surface area contributed by atoms with E-state index in [0.29, 0.717) is 5.02 Å². The number of amides is 2. The predicted molar refractivity (Wildman–Crippen MR) is 68.0 cm³/mol. The van der Waals surface area contributed by atoms with Crippen LogP contribution in [0.2, 0.25) is 5.02 Å². The monoisotopic (exact) mass is 240 g/mol. The maximum absolute atomic E-state index is 11.8. The number of hydrogen-bond acceptors (Lipinski definition) is 1. The molecule has 1 aromatic carbocycles. The highest BCUT2D eigenvalue weighted by molar-refractivity contribution is 6.30. The summed E-state index contributed by atoms with van der Waals surface area (Å²) >= 11 is 5.76. The van der Waals surface area contributed by atoms with Gasteiger partial charge < -0.3 is 10.2 Å². The van der Waals surface area contributed by atoms with Crippen LogP contribution in [0.4, 0.5) is 10.5 Å². The van der Waals surface area contributed by atoms with Gasteiger partial charge in [-0.1, -0.05) is 18.5 Å². The van der Waals surface area contributed by atoms with Crippen LogP contribution in [0.1, 0.15) is 20.3 Å². The second-order valence-electron chi connectivity index (χ2n) is 3.81. The van der Waals surface area contributed by atoms with Gasteiger partial charge >= 0.3 is 6.03 Å². The van der Waals surface area contributed by atoms with Crippen molar-refractivity contribution in [3.8, 4) is 0 Å². The molecule has 0 aliphatic carbocycles. The standard InChI is InChI=1S/C12H17ClN2O/c1-4-9(2)15(3)12(16)14-11-7-5-10(13)6-8-11/h5-9H,4H2,1-3H3,(H,14,16). The molecule has 16 heavy (non-hydrogen) atoms. The molecule has 1 aromatic rings. The van der Waals surface area contributed by atoms with Gasteiger partial charge in [0.05, 0.1) is 0 Å². The number of benzene rings is 1. The van der Waals surface area contributed by atoms with Gasteiger partial charge in [0, 0.05) is 23.8 Å². The van der Waals surface area contributed by atoms with E-state index in [1.165, 1.54) is 0 Å². The van der Waals surface area contributed by atoms with Crippen LogP contribution < -0.4 is 5.32 Å². The number of urea groups is 1. The van der Waals surface area contributed by atoms with Crippen molar-refractivity contribution >= 4 is 23.3 Å². The molecular formula is C12H17ClN2O. The van der Waals surface area contributed by atoms with Gasteiger partial charge in [-0.25, -0.2) is 4.79 Å². The smallest absolute Gasteiger partial charge is 0.321 e. The highest BCUT2D eigenvalue weighted by Crippen LogP contribution is 2.14. The fraction of sp³-hybridized carbons (Fsp3) is 0.417. The Bertz CT molecular complexity index is 351. The van der Waals surface area contributed by atoms with Gasteiger partial charge in [0.2, 0.25) is 0 Å². The van der Waals surface area contributed by atoms with Crippen LogP contribution in [-0.2, 0) is 0 Å². The molecule has 1 rings (SSSR count). The highest BCUT2D eigenvalue weighted by Gasteiger charge is 2.13. The van der Waals surface area contributed by atoms with E-state index in [1.807, 2.05) is 6.92 Å². The van der Waals surface area contributed by atoms with Gasteiger partial charge in [-0.2, -0.15) is 0 Å². The van der Waals surface area contributed by atoms with Crippen molar-refractivity contribution in [3.63, 3.8) is 0 Å². The molecule has 88 valence electrons. The molecule has 0 fully saturated rings. The zero-order valence-electron chi connectivity index (χ0n) is 9.83. The van der Waals surface area contributed by atoms with Crippen LogP contribution in [-0.4, -0.2) is 24.0 Å². The molecule has 0 aliphatic heterocycles. The van der Waals surface area contributed by atoms with Crippen LogP contribution in [0, 0.1) is 0 Å². The molecule has 3 nitrogen and oxygen atoms in total. The van der Waals surface area contributed by atoms with Gasteiger partial charge in [-0.3, -0.25) is 0 Å². The molecule has 4 heteroatoms. The Morgan fingerprint density at radius 1 is 1.44 bits per heavy atom. The lowest BCUT2D eigenvalue weighted by Gasteiger charge is -2.24. The van der Waals surface area contributed by atoms with E-state index in [2.05, 4.69) is 12.2 Å². The van der Waals surface area contributed by atoms with E-state index in [-0.39, 0.29) is 12.1 Å². The number of hydrogen-bond donors (Lipinski definition) is 1. The predicted octanol–water partition coefficient (Wildman–Crippen LogP) is 3.60. The molecule has 2 amide bonds. The van der Waals surface area contributed by atoms with Crippen LogP contribution in [0.3, 0.4) is 0 Å². The molecular weight excluding hydrogens is 224 g/mol. The third kappa shape index (κ3) is 3.42. The zero-order chi connectivity index (χ0) is 12.1. The molecule has 1 unspecified atom stereocenters. The molecule has 0 aliphatic rings. The lowest BCUT2D eigenvalue weighted by Crippen LogP contribution is -2.37. The summed E-state index contributed by atoms with van der Waals surface area (Å²) in [5.74, 6) is 0. The first kappa shape index (κ1) is 12.8. The zero-order valence-corrected chi connectivity index (χ0v) is 10.6. The van der Waals surface area contributed by atoms with E-state index in [1.54, 1.807) is 36.2 Å². The van der Waals surface area contributed by atoms with E-state index in [4.69, 9.17) is 11.6 Å². The van der Waals surface area contributed by atoms with Gasteiger partial charge in [0.25, 0.3) is 0 Å². The minimum Gasteiger partial charge on any atom is -0.325 e. The van der Waals surface area contributed by atoms with Crippen molar-refractivity contribution in [3.05, 3.63) is 29.3 Å². The summed E-state index contributed by atoms with van der Waals surface area (Å²) in [5.41, 5.74) is 0.754. The summed E-state index contributed by atoms with van der Waals surface area (Å²) in [6.45, 7) is 4.07. The summed E-state index contributed by atoms with van der Waals surface area (Å²) in [4.78, 5) is 13.5. The van der Waals surface area contributed by atoms with Gasteiger partial charge in [-0.05, 0) is 37.6 Å². The first-order chi connectivity index (χ1) is 7.54. The number of anilines is 1. The molecule has 0 radical (unpaired) electrons. The first-order valence-electron chi connectivity index (χ1n) is 5.34. The Labute approximate surface area is 101 Å². The van der Waals surface area contributed by atoms with Gasteiger partial charge in [-0.15, -0.1) is 0 Å². The maximum atomic E-state index is 11.8. The Morgan fingerprint density at radius 2 is 2.00 bits per heavy atom. The SMILES string of the molecule is CCC(C)N(C)C(=O)Nc1ccc(Cl)cc1. The highest BCUT2D eigenvalue weighted by atomic mass is 35.5. The van der Waals surface area contributed by atoms with Gasteiger partial charge in [0.15, 0.2) is 0 Å². The Kier molecular flexibility index (Phi) is 4.62. The number of nitrogens with one attached hydrogen (secondary N) is 1. The number of carbonyl (C=O) groups excluding carboxylic acids is 1. The molecule has 0 saturated carbocycles. The fourth-order valence-corrected chi connectivity index (χ4v) is 1.34. The Hall–Kier alpha value is -1.22. The van der Waals surface area contributed by atoms with Crippen molar-refractivity contribution in [2.75, 3.05) is 12.4 Å². The van der Waals surface area contributed by atoms with Crippen LogP contribution in [0.15, 0.2) is 24.3 Å². The van der Waals surface area contributed by atoms with E-state index in [9.17, 15) is 4.79 Å². The second kappa shape index (κ2) is 5.75. The van der Waals surface area contributed by atoms with Crippen LogP contribution in [0.25, 0.3) is 0 Å². The largest absolute Gasteiger partial charge is 0.325 e. The second-order valence-corrected chi connectivity index (χ2v) is 4.24. The average molecular weight is 241 g/mol. The fourth-order valence-electron chi connectivity index (χ4n) is 1.22. The molecule has 0 bridgehead atoms. The van der Waals surface area contributed by atoms with Gasteiger partial charge in [0.1, 0.15) is 0 Å². The topological polar surface area (TPSA) is 32.3 Å². The van der Waals surface area contributed by atoms with E-state index in [0.717, 1.165) is 12.1 Å². The Balaban J connectivity index is 2.60. The Morgan fingerprint density at radius 3 is 2.50 bits per heavy atom. The molecule has 0 heterocycles. The summed E-state index contributed by atoms with van der Waals surface area (Å²) in [6, 6.07) is 7.19. The minimum atomic E-state index is -0.100.